The number of carbonyl (C=O) groups excluding carboxylic acids is 1. The third-order valence-electron chi connectivity index (χ3n) is 6.20. The molecule has 3 atom stereocenters. The summed E-state index contributed by atoms with van der Waals surface area (Å²) in [5, 5.41) is 4.12. The van der Waals surface area contributed by atoms with E-state index in [1.807, 2.05) is 36.4 Å². The van der Waals surface area contributed by atoms with Gasteiger partial charge in [0.05, 0.1) is 5.56 Å². The van der Waals surface area contributed by atoms with Gasteiger partial charge in [-0.3, -0.25) is 0 Å². The fraction of sp³-hybridized carbons (Fsp3) is 0.400. The molecule has 0 aliphatic heterocycles. The van der Waals surface area contributed by atoms with Gasteiger partial charge in [0, 0.05) is 0 Å². The first-order valence-corrected chi connectivity index (χ1v) is 10.2. The van der Waals surface area contributed by atoms with E-state index in [-0.39, 0.29) is 12.1 Å². The summed E-state index contributed by atoms with van der Waals surface area (Å²) in [7, 11) is 0. The molecule has 4 rings (SSSR count). The lowest BCUT2D eigenvalue weighted by atomic mass is 9.75. The van der Waals surface area contributed by atoms with Crippen molar-refractivity contribution < 1.29 is 9.53 Å². The zero-order valence-electron chi connectivity index (χ0n) is 16.4. The van der Waals surface area contributed by atoms with Gasteiger partial charge in [0.15, 0.2) is 0 Å². The van der Waals surface area contributed by atoms with Crippen LogP contribution in [0.25, 0.3) is 21.5 Å². The fourth-order valence-corrected chi connectivity index (χ4v) is 4.68. The molecular weight excluding hydrogens is 332 g/mol. The highest BCUT2D eigenvalue weighted by molar-refractivity contribution is 6.16. The van der Waals surface area contributed by atoms with Crippen molar-refractivity contribution in [1.82, 2.24) is 0 Å². The molecule has 0 bridgehead atoms. The number of hydrogen-bond donors (Lipinski definition) is 0. The molecule has 3 aromatic carbocycles. The summed E-state index contributed by atoms with van der Waals surface area (Å²) in [6, 6.07) is 18.4. The van der Waals surface area contributed by atoms with Crippen molar-refractivity contribution in [2.45, 2.75) is 46.1 Å². The van der Waals surface area contributed by atoms with E-state index in [0.717, 1.165) is 34.4 Å². The first-order valence-electron chi connectivity index (χ1n) is 10.2. The lowest BCUT2D eigenvalue weighted by Crippen LogP contribution is -2.36. The lowest BCUT2D eigenvalue weighted by molar-refractivity contribution is -0.0170. The minimum atomic E-state index is -0.173. The Kier molecular flexibility index (Phi) is 4.90. The third kappa shape index (κ3) is 3.45. The van der Waals surface area contributed by atoms with E-state index in [4.69, 9.17) is 4.74 Å². The van der Waals surface area contributed by atoms with Gasteiger partial charge in [0.1, 0.15) is 6.10 Å². The molecular formula is C25H28O2. The Hall–Kier alpha value is -2.35. The first-order chi connectivity index (χ1) is 13.0. The van der Waals surface area contributed by atoms with Crippen LogP contribution >= 0.6 is 0 Å². The second kappa shape index (κ2) is 7.34. The second-order valence-corrected chi connectivity index (χ2v) is 8.46. The first kappa shape index (κ1) is 18.0. The maximum absolute atomic E-state index is 13.4. The summed E-state index contributed by atoms with van der Waals surface area (Å²) in [4.78, 5) is 13.4. The van der Waals surface area contributed by atoms with E-state index in [1.165, 1.54) is 6.42 Å². The second-order valence-electron chi connectivity index (χ2n) is 8.46. The van der Waals surface area contributed by atoms with Crippen LogP contribution in [0.5, 0.6) is 0 Å². The number of esters is 1. The van der Waals surface area contributed by atoms with Crippen LogP contribution in [-0.2, 0) is 4.74 Å². The number of fused-ring (bicyclic) bond motifs is 2. The maximum Gasteiger partial charge on any atom is 0.339 e. The van der Waals surface area contributed by atoms with E-state index in [2.05, 4.69) is 39.0 Å². The van der Waals surface area contributed by atoms with Crippen LogP contribution in [0.1, 0.15) is 50.4 Å². The summed E-state index contributed by atoms with van der Waals surface area (Å²) < 4.78 is 6.20. The predicted molar refractivity (Wildman–Crippen MR) is 112 cm³/mol. The van der Waals surface area contributed by atoms with Gasteiger partial charge in [-0.2, -0.15) is 0 Å². The topological polar surface area (TPSA) is 26.3 Å². The Labute approximate surface area is 161 Å². The molecule has 2 nitrogen and oxygen atoms in total. The summed E-state index contributed by atoms with van der Waals surface area (Å²) >= 11 is 0. The van der Waals surface area contributed by atoms with E-state index in [9.17, 15) is 4.79 Å². The van der Waals surface area contributed by atoms with Gasteiger partial charge < -0.3 is 4.74 Å². The average molecular weight is 360 g/mol. The van der Waals surface area contributed by atoms with Gasteiger partial charge in [-0.25, -0.2) is 4.79 Å². The number of ether oxygens (including phenoxy) is 1. The highest BCUT2D eigenvalue weighted by Gasteiger charge is 2.34. The molecule has 0 spiro atoms. The number of benzene rings is 3. The third-order valence-corrected chi connectivity index (χ3v) is 6.20. The quantitative estimate of drug-likeness (QED) is 0.388. The molecule has 1 aliphatic carbocycles. The average Bonchev–Trinajstić information content (AvgIpc) is 2.65. The minimum Gasteiger partial charge on any atom is -0.458 e. The van der Waals surface area contributed by atoms with Crippen molar-refractivity contribution in [3.63, 3.8) is 0 Å². The van der Waals surface area contributed by atoms with Crippen molar-refractivity contribution in [3.05, 3.63) is 60.2 Å². The molecule has 27 heavy (non-hydrogen) atoms. The van der Waals surface area contributed by atoms with Gasteiger partial charge in [-0.05, 0) is 58.2 Å². The lowest BCUT2D eigenvalue weighted by Gasteiger charge is -2.36. The Morgan fingerprint density at radius 3 is 2.15 bits per heavy atom. The van der Waals surface area contributed by atoms with Crippen LogP contribution in [0.2, 0.25) is 0 Å². The van der Waals surface area contributed by atoms with Crippen LogP contribution in [0, 0.1) is 17.8 Å². The standard InChI is InChI=1S/C25H28O2/c1-16(2)20-13-12-17(3)14-23(20)27-25(26)24-21-10-6-4-8-18(21)15-19-9-5-7-11-22(19)24/h4-11,15-17,20,23H,12-14H2,1-3H3/t17-,20+,23-/m0/s1. The zero-order valence-corrected chi connectivity index (χ0v) is 16.4. The van der Waals surface area contributed by atoms with Crippen molar-refractivity contribution in [1.29, 1.82) is 0 Å². The van der Waals surface area contributed by atoms with Crippen LogP contribution < -0.4 is 0 Å². The molecule has 0 radical (unpaired) electrons. The largest absolute Gasteiger partial charge is 0.458 e. The highest BCUT2D eigenvalue weighted by Crippen LogP contribution is 2.37. The van der Waals surface area contributed by atoms with E-state index >= 15 is 0 Å². The summed E-state index contributed by atoms with van der Waals surface area (Å²) in [5.74, 6) is 1.42. The van der Waals surface area contributed by atoms with Gasteiger partial charge in [-0.15, -0.1) is 0 Å². The number of rotatable bonds is 3. The van der Waals surface area contributed by atoms with Gasteiger partial charge in [-0.1, -0.05) is 75.7 Å². The molecule has 0 aromatic heterocycles. The van der Waals surface area contributed by atoms with Crippen molar-refractivity contribution in [2.75, 3.05) is 0 Å². The summed E-state index contributed by atoms with van der Waals surface area (Å²) in [6.45, 7) is 6.76. The van der Waals surface area contributed by atoms with Crippen molar-refractivity contribution in [3.8, 4) is 0 Å². The van der Waals surface area contributed by atoms with Gasteiger partial charge in [0.25, 0.3) is 0 Å². The van der Waals surface area contributed by atoms with E-state index in [1.54, 1.807) is 0 Å². The molecule has 140 valence electrons. The maximum atomic E-state index is 13.4. The molecule has 0 unspecified atom stereocenters. The van der Waals surface area contributed by atoms with Crippen LogP contribution in [0.4, 0.5) is 0 Å². The van der Waals surface area contributed by atoms with Gasteiger partial charge >= 0.3 is 5.97 Å². The smallest absolute Gasteiger partial charge is 0.339 e. The molecule has 0 saturated heterocycles. The normalized spacial score (nSPS) is 23.0. The Morgan fingerprint density at radius 1 is 0.963 bits per heavy atom. The van der Waals surface area contributed by atoms with Crippen LogP contribution in [0.3, 0.4) is 0 Å². The Balaban J connectivity index is 1.77. The van der Waals surface area contributed by atoms with E-state index in [0.29, 0.717) is 23.3 Å². The Morgan fingerprint density at radius 2 is 1.56 bits per heavy atom. The van der Waals surface area contributed by atoms with Crippen molar-refractivity contribution >= 4 is 27.5 Å². The molecule has 1 saturated carbocycles. The molecule has 1 aliphatic rings. The predicted octanol–water partition coefficient (Wildman–Crippen LogP) is 6.61. The van der Waals surface area contributed by atoms with Crippen LogP contribution in [-0.4, -0.2) is 12.1 Å². The Bertz CT molecular complexity index is 918. The fourth-order valence-electron chi connectivity index (χ4n) is 4.68. The van der Waals surface area contributed by atoms with E-state index < -0.39 is 0 Å². The van der Waals surface area contributed by atoms with Crippen LogP contribution in [0.15, 0.2) is 54.6 Å². The molecule has 1 fully saturated rings. The minimum absolute atomic E-state index is 0.0129. The van der Waals surface area contributed by atoms with Gasteiger partial charge in [0.2, 0.25) is 0 Å². The monoisotopic (exact) mass is 360 g/mol. The molecule has 0 amide bonds. The highest BCUT2D eigenvalue weighted by atomic mass is 16.5. The zero-order chi connectivity index (χ0) is 19.0. The molecule has 3 aromatic rings. The summed E-state index contributed by atoms with van der Waals surface area (Å²) in [5.41, 5.74) is 0.712. The summed E-state index contributed by atoms with van der Waals surface area (Å²) in [6.07, 6.45) is 3.36. The molecule has 2 heteroatoms. The molecule has 0 N–H and O–H groups in total. The molecule has 0 heterocycles. The number of hydrogen-bond acceptors (Lipinski definition) is 2. The SMILES string of the molecule is CC(C)[C@H]1CC[C@H](C)C[C@@H]1OC(=O)c1c2ccccc2cc2ccccc12. The number of carbonyl (C=O) groups is 1. The van der Waals surface area contributed by atoms with Crippen molar-refractivity contribution in [2.24, 2.45) is 17.8 Å².